The van der Waals surface area contributed by atoms with Crippen LogP contribution >= 0.6 is 0 Å². The van der Waals surface area contributed by atoms with Crippen molar-refractivity contribution in [3.63, 3.8) is 0 Å². The molecule has 1 unspecified atom stereocenters. The Morgan fingerprint density at radius 3 is 2.48 bits per heavy atom. The van der Waals surface area contributed by atoms with Gasteiger partial charge in [0.2, 0.25) is 16.1 Å². The van der Waals surface area contributed by atoms with Gasteiger partial charge in [-0.05, 0) is 12.5 Å². The minimum absolute atomic E-state index is 0.206. The van der Waals surface area contributed by atoms with E-state index in [0.717, 1.165) is 5.56 Å². The molecule has 0 spiro atoms. The number of para-hydroxylation sites is 1. The van der Waals surface area contributed by atoms with Gasteiger partial charge in [0, 0.05) is 11.1 Å². The first kappa shape index (κ1) is 18.8. The normalized spacial score (nSPS) is 16.6. The van der Waals surface area contributed by atoms with E-state index in [1.54, 1.807) is 31.2 Å². The fourth-order valence-electron chi connectivity index (χ4n) is 2.79. The lowest BCUT2D eigenvalue weighted by Crippen LogP contribution is -2.44. The van der Waals surface area contributed by atoms with E-state index < -0.39 is 27.9 Å². The van der Waals surface area contributed by atoms with Crippen molar-refractivity contribution >= 4 is 33.2 Å². The number of aliphatic imine (C=N–C) groups is 1. The van der Waals surface area contributed by atoms with Gasteiger partial charge in [0.25, 0.3) is 11.8 Å². The minimum Gasteiger partial charge on any atom is -0.323 e. The van der Waals surface area contributed by atoms with Crippen molar-refractivity contribution in [3.05, 3.63) is 65.7 Å². The monoisotopic (exact) mass is 385 g/mol. The molecule has 2 aromatic rings. The Balaban J connectivity index is 2.06. The highest BCUT2D eigenvalue weighted by molar-refractivity contribution is 7.90. The lowest BCUT2D eigenvalue weighted by molar-refractivity contribution is -0.127. The Morgan fingerprint density at radius 1 is 1.11 bits per heavy atom. The molecule has 140 valence electrons. The van der Waals surface area contributed by atoms with Crippen molar-refractivity contribution in [1.29, 1.82) is 0 Å². The van der Waals surface area contributed by atoms with Gasteiger partial charge in [-0.25, -0.2) is 8.42 Å². The van der Waals surface area contributed by atoms with Gasteiger partial charge in [0.15, 0.2) is 0 Å². The number of rotatable bonds is 5. The summed E-state index contributed by atoms with van der Waals surface area (Å²) in [5.74, 6) is -1.86. The molecular formula is C19H19N3O4S. The predicted molar refractivity (Wildman–Crippen MR) is 103 cm³/mol. The Morgan fingerprint density at radius 2 is 1.78 bits per heavy atom. The summed E-state index contributed by atoms with van der Waals surface area (Å²) >= 11 is 0. The zero-order valence-corrected chi connectivity index (χ0v) is 15.5. The zero-order valence-electron chi connectivity index (χ0n) is 14.7. The molecule has 0 saturated carbocycles. The third kappa shape index (κ3) is 4.22. The maximum Gasteiger partial charge on any atom is 0.267 e. The quantitative estimate of drug-likeness (QED) is 0.764. The zero-order chi connectivity index (χ0) is 19.4. The molecule has 27 heavy (non-hydrogen) atoms. The smallest absolute Gasteiger partial charge is 0.267 e. The Bertz CT molecular complexity index is 1000. The van der Waals surface area contributed by atoms with Crippen LogP contribution in [0.4, 0.5) is 5.69 Å². The molecule has 0 saturated heterocycles. The SMILES string of the molecule is CCCS(=O)(=O)NC(=O)C1N=C(c2ccccc2)c2ccccc2NC1=O. The second-order valence-electron chi connectivity index (χ2n) is 6.07. The van der Waals surface area contributed by atoms with Crippen LogP contribution in [0, 0.1) is 0 Å². The van der Waals surface area contributed by atoms with E-state index in [0.29, 0.717) is 23.4 Å². The summed E-state index contributed by atoms with van der Waals surface area (Å²) in [4.78, 5) is 29.4. The van der Waals surface area contributed by atoms with Gasteiger partial charge in [-0.2, -0.15) is 0 Å². The Kier molecular flexibility index (Phi) is 5.36. The van der Waals surface area contributed by atoms with Gasteiger partial charge in [0.05, 0.1) is 17.2 Å². The van der Waals surface area contributed by atoms with Gasteiger partial charge in [0.1, 0.15) is 0 Å². The number of sulfonamides is 1. The second kappa shape index (κ2) is 7.71. The third-order valence-electron chi connectivity index (χ3n) is 3.97. The highest BCUT2D eigenvalue weighted by Crippen LogP contribution is 2.24. The van der Waals surface area contributed by atoms with E-state index in [-0.39, 0.29) is 5.75 Å². The van der Waals surface area contributed by atoms with Crippen LogP contribution in [0.15, 0.2) is 59.6 Å². The molecule has 0 aromatic heterocycles. The second-order valence-corrected chi connectivity index (χ2v) is 7.91. The number of carbonyl (C=O) groups excluding carboxylic acids is 2. The van der Waals surface area contributed by atoms with Crippen molar-refractivity contribution in [2.75, 3.05) is 11.1 Å². The van der Waals surface area contributed by atoms with Crippen LogP contribution in [0.3, 0.4) is 0 Å². The Hall–Kier alpha value is -3.00. The largest absolute Gasteiger partial charge is 0.323 e. The summed E-state index contributed by atoms with van der Waals surface area (Å²) < 4.78 is 25.8. The number of nitrogens with one attached hydrogen (secondary N) is 2. The average Bonchev–Trinajstić information content (AvgIpc) is 2.78. The molecule has 0 bridgehead atoms. The molecule has 2 aromatic carbocycles. The fourth-order valence-corrected chi connectivity index (χ4v) is 3.85. The Labute approximate surface area is 157 Å². The van der Waals surface area contributed by atoms with Gasteiger partial charge >= 0.3 is 0 Å². The maximum atomic E-state index is 12.6. The van der Waals surface area contributed by atoms with E-state index >= 15 is 0 Å². The van der Waals surface area contributed by atoms with Crippen molar-refractivity contribution in [3.8, 4) is 0 Å². The number of anilines is 1. The predicted octanol–water partition coefficient (Wildman–Crippen LogP) is 1.70. The van der Waals surface area contributed by atoms with Crippen LogP contribution in [0.1, 0.15) is 24.5 Å². The van der Waals surface area contributed by atoms with Crippen LogP contribution in [-0.2, 0) is 19.6 Å². The molecular weight excluding hydrogens is 366 g/mol. The number of amides is 2. The molecule has 2 amide bonds. The summed E-state index contributed by atoms with van der Waals surface area (Å²) in [5.41, 5.74) is 2.33. The fraction of sp³-hybridized carbons (Fsp3) is 0.211. The summed E-state index contributed by atoms with van der Waals surface area (Å²) in [5, 5.41) is 2.66. The molecule has 3 rings (SSSR count). The first-order valence-electron chi connectivity index (χ1n) is 8.49. The van der Waals surface area contributed by atoms with Gasteiger partial charge in [-0.1, -0.05) is 55.5 Å². The molecule has 1 aliphatic rings. The number of benzene rings is 2. The molecule has 2 N–H and O–H groups in total. The standard InChI is InChI=1S/C19H19N3O4S/c1-2-12-27(25,26)22-19(24)17-18(23)20-15-11-7-6-10-14(15)16(21-17)13-8-4-3-5-9-13/h3-11,17H,2,12H2,1H3,(H,20,23)(H,22,24). The van der Waals surface area contributed by atoms with Crippen molar-refractivity contribution in [2.45, 2.75) is 19.4 Å². The number of hydrogen-bond acceptors (Lipinski definition) is 5. The molecule has 1 heterocycles. The molecule has 8 heteroatoms. The van der Waals surface area contributed by atoms with Crippen LogP contribution in [0.25, 0.3) is 0 Å². The van der Waals surface area contributed by atoms with Gasteiger partial charge in [-0.15, -0.1) is 0 Å². The number of carbonyl (C=O) groups is 2. The summed E-state index contributed by atoms with van der Waals surface area (Å²) in [6.07, 6.45) is 0.351. The van der Waals surface area contributed by atoms with Crippen molar-refractivity contribution in [1.82, 2.24) is 4.72 Å². The summed E-state index contributed by atoms with van der Waals surface area (Å²) in [6.45, 7) is 1.68. The van der Waals surface area contributed by atoms with Gasteiger partial charge in [-0.3, -0.25) is 19.3 Å². The van der Waals surface area contributed by atoms with E-state index in [1.165, 1.54) is 0 Å². The molecule has 7 nitrogen and oxygen atoms in total. The average molecular weight is 385 g/mol. The first-order valence-corrected chi connectivity index (χ1v) is 10.1. The summed E-state index contributed by atoms with van der Waals surface area (Å²) in [7, 11) is -3.81. The number of benzodiazepines with no additional fused rings is 1. The highest BCUT2D eigenvalue weighted by atomic mass is 32.2. The highest BCUT2D eigenvalue weighted by Gasteiger charge is 2.33. The number of nitrogens with zero attached hydrogens (tertiary/aromatic N) is 1. The lowest BCUT2D eigenvalue weighted by Gasteiger charge is -2.12. The van der Waals surface area contributed by atoms with Crippen LogP contribution in [0.5, 0.6) is 0 Å². The number of fused-ring (bicyclic) bond motifs is 1. The number of hydrogen-bond donors (Lipinski definition) is 2. The van der Waals surface area contributed by atoms with E-state index in [1.807, 2.05) is 35.1 Å². The molecule has 0 radical (unpaired) electrons. The molecule has 0 fully saturated rings. The molecule has 1 aliphatic heterocycles. The molecule has 1 atom stereocenters. The van der Waals surface area contributed by atoms with Gasteiger partial charge < -0.3 is 5.32 Å². The van der Waals surface area contributed by atoms with E-state index in [4.69, 9.17) is 0 Å². The van der Waals surface area contributed by atoms with E-state index in [9.17, 15) is 18.0 Å². The maximum absolute atomic E-state index is 12.6. The van der Waals surface area contributed by atoms with Crippen molar-refractivity contribution < 1.29 is 18.0 Å². The summed E-state index contributed by atoms with van der Waals surface area (Å²) in [6, 6.07) is 14.7. The molecule has 0 aliphatic carbocycles. The first-order chi connectivity index (χ1) is 12.9. The topological polar surface area (TPSA) is 105 Å². The van der Waals surface area contributed by atoms with Crippen LogP contribution in [0.2, 0.25) is 0 Å². The lowest BCUT2D eigenvalue weighted by atomic mass is 10.0. The van der Waals surface area contributed by atoms with Crippen molar-refractivity contribution in [2.24, 2.45) is 4.99 Å². The van der Waals surface area contributed by atoms with Crippen LogP contribution in [-0.4, -0.2) is 37.7 Å². The minimum atomic E-state index is -3.81. The van der Waals surface area contributed by atoms with Crippen LogP contribution < -0.4 is 10.0 Å². The van der Waals surface area contributed by atoms with E-state index in [2.05, 4.69) is 10.3 Å². The third-order valence-corrected chi connectivity index (χ3v) is 5.43.